The molecule has 1 aromatic heterocycles. The second kappa shape index (κ2) is 8.39. The van der Waals surface area contributed by atoms with E-state index in [2.05, 4.69) is 9.88 Å². The molecule has 0 bridgehead atoms. The van der Waals surface area contributed by atoms with Gasteiger partial charge in [-0.15, -0.1) is 0 Å². The third-order valence-corrected chi connectivity index (χ3v) is 6.48. The maximum absolute atomic E-state index is 12.7. The Bertz CT molecular complexity index is 836. The monoisotopic (exact) mass is 394 g/mol. The van der Waals surface area contributed by atoms with Gasteiger partial charge in [0.15, 0.2) is 5.03 Å². The maximum Gasteiger partial charge on any atom is 0.262 e. The minimum Gasteiger partial charge on any atom is -0.491 e. The molecule has 1 N–H and O–H groups in total. The van der Waals surface area contributed by atoms with Gasteiger partial charge in [0.05, 0.1) is 6.61 Å². The highest BCUT2D eigenvalue weighted by Gasteiger charge is 2.30. The third-order valence-electron chi connectivity index (χ3n) is 4.71. The van der Waals surface area contributed by atoms with E-state index in [0.717, 1.165) is 17.9 Å². The van der Waals surface area contributed by atoms with E-state index in [1.54, 1.807) is 24.7 Å². The van der Waals surface area contributed by atoms with Crippen LogP contribution in [0.3, 0.4) is 0 Å². The van der Waals surface area contributed by atoms with Crippen LogP contribution >= 0.6 is 0 Å². The largest absolute Gasteiger partial charge is 0.491 e. The van der Waals surface area contributed by atoms with Crippen LogP contribution in [-0.4, -0.2) is 71.7 Å². The Kier molecular flexibility index (Phi) is 6.15. The molecule has 1 saturated heterocycles. The Morgan fingerprint density at radius 3 is 2.37 bits per heavy atom. The number of ether oxygens (including phenoxy) is 1. The van der Waals surface area contributed by atoms with Crippen molar-refractivity contribution in [2.24, 2.45) is 7.05 Å². The molecule has 2 heterocycles. The van der Waals surface area contributed by atoms with Gasteiger partial charge in [0.1, 0.15) is 18.2 Å². The first-order valence-electron chi connectivity index (χ1n) is 8.95. The molecular formula is C18H26N4O4S. The number of imidazole rings is 1. The number of aliphatic hydroxyl groups is 1. The van der Waals surface area contributed by atoms with Gasteiger partial charge in [-0.1, -0.05) is 12.1 Å². The van der Waals surface area contributed by atoms with E-state index < -0.39 is 10.0 Å². The summed E-state index contributed by atoms with van der Waals surface area (Å²) >= 11 is 0. The molecule has 0 saturated carbocycles. The zero-order valence-electron chi connectivity index (χ0n) is 15.7. The average molecular weight is 394 g/mol. The van der Waals surface area contributed by atoms with Crippen molar-refractivity contribution in [2.45, 2.75) is 18.5 Å². The van der Waals surface area contributed by atoms with Crippen LogP contribution in [-0.2, 0) is 23.6 Å². The summed E-state index contributed by atoms with van der Waals surface area (Å²) in [6, 6.07) is 7.75. The predicted molar refractivity (Wildman–Crippen MR) is 101 cm³/mol. The fourth-order valence-corrected chi connectivity index (χ4v) is 4.47. The Morgan fingerprint density at radius 2 is 1.81 bits per heavy atom. The van der Waals surface area contributed by atoms with Crippen LogP contribution in [0.15, 0.2) is 35.5 Å². The fourth-order valence-electron chi connectivity index (χ4n) is 3.02. The number of benzene rings is 1. The maximum atomic E-state index is 12.7. The molecule has 1 fully saturated rings. The van der Waals surface area contributed by atoms with Crippen LogP contribution < -0.4 is 4.74 Å². The van der Waals surface area contributed by atoms with Crippen molar-refractivity contribution in [3.8, 4) is 5.75 Å². The van der Waals surface area contributed by atoms with Gasteiger partial charge >= 0.3 is 0 Å². The van der Waals surface area contributed by atoms with Crippen molar-refractivity contribution in [3.05, 3.63) is 41.9 Å². The fraction of sp³-hybridized carbons (Fsp3) is 0.500. The lowest BCUT2D eigenvalue weighted by Gasteiger charge is -2.33. The van der Waals surface area contributed by atoms with Crippen molar-refractivity contribution < 1.29 is 18.3 Å². The highest BCUT2D eigenvalue weighted by molar-refractivity contribution is 7.89. The smallest absolute Gasteiger partial charge is 0.262 e. The Labute approximate surface area is 160 Å². The average Bonchev–Trinajstić information content (AvgIpc) is 3.01. The van der Waals surface area contributed by atoms with Crippen molar-refractivity contribution in [1.82, 2.24) is 18.8 Å². The second-order valence-electron chi connectivity index (χ2n) is 6.63. The molecule has 2 aromatic rings. The summed E-state index contributed by atoms with van der Waals surface area (Å²) < 4.78 is 34.1. The molecule has 0 radical (unpaired) electrons. The van der Waals surface area contributed by atoms with Crippen LogP contribution in [0.1, 0.15) is 11.4 Å². The Morgan fingerprint density at radius 1 is 1.15 bits per heavy atom. The molecule has 0 amide bonds. The predicted octanol–water partition coefficient (Wildman–Crippen LogP) is 0.606. The van der Waals surface area contributed by atoms with E-state index in [4.69, 9.17) is 9.84 Å². The topological polar surface area (TPSA) is 87.9 Å². The molecular weight excluding hydrogens is 368 g/mol. The number of hydrogen-bond donors (Lipinski definition) is 1. The van der Waals surface area contributed by atoms with Gasteiger partial charge in [-0.2, -0.15) is 4.31 Å². The summed E-state index contributed by atoms with van der Waals surface area (Å²) in [5, 5.41) is 8.90. The molecule has 148 valence electrons. The van der Waals surface area contributed by atoms with Crippen molar-refractivity contribution in [1.29, 1.82) is 0 Å². The summed E-state index contributed by atoms with van der Waals surface area (Å²) in [7, 11) is -1.75. The summed E-state index contributed by atoms with van der Waals surface area (Å²) in [4.78, 5) is 6.40. The van der Waals surface area contributed by atoms with Crippen molar-refractivity contribution in [3.63, 3.8) is 0 Å². The normalized spacial score (nSPS) is 16.6. The molecule has 1 aliphatic rings. The molecule has 9 heteroatoms. The lowest BCUT2D eigenvalue weighted by Crippen LogP contribution is -2.48. The zero-order valence-corrected chi connectivity index (χ0v) is 16.5. The summed E-state index contributed by atoms with van der Waals surface area (Å²) in [5.41, 5.74) is 1.14. The molecule has 8 nitrogen and oxygen atoms in total. The van der Waals surface area contributed by atoms with Crippen LogP contribution in [0.2, 0.25) is 0 Å². The van der Waals surface area contributed by atoms with Gasteiger partial charge in [-0.05, 0) is 24.6 Å². The van der Waals surface area contributed by atoms with Gasteiger partial charge in [0, 0.05) is 46.0 Å². The first-order chi connectivity index (χ1) is 12.9. The van der Waals surface area contributed by atoms with Gasteiger partial charge < -0.3 is 14.4 Å². The van der Waals surface area contributed by atoms with Crippen molar-refractivity contribution >= 4 is 10.0 Å². The molecule has 0 spiro atoms. The lowest BCUT2D eigenvalue weighted by molar-refractivity contribution is 0.181. The standard InChI is InChI=1S/C18H26N4O4S/c1-15-19-18(14-20(15)2)27(24,25)22-9-7-21(8-10-22)13-16-3-5-17(6-4-16)26-12-11-23/h3-6,14,23H,7-13H2,1-2H3. The van der Waals surface area contributed by atoms with Crippen LogP contribution in [0.4, 0.5) is 0 Å². The number of aromatic nitrogens is 2. The highest BCUT2D eigenvalue weighted by atomic mass is 32.2. The molecule has 1 aliphatic heterocycles. The van der Waals surface area contributed by atoms with Gasteiger partial charge in [0.25, 0.3) is 10.0 Å². The van der Waals surface area contributed by atoms with Crippen LogP contribution in [0, 0.1) is 6.92 Å². The minimum atomic E-state index is -3.54. The van der Waals surface area contributed by atoms with E-state index in [1.807, 2.05) is 24.3 Å². The highest BCUT2D eigenvalue weighted by Crippen LogP contribution is 2.19. The van der Waals surface area contributed by atoms with Gasteiger partial charge in [-0.25, -0.2) is 13.4 Å². The van der Waals surface area contributed by atoms with Gasteiger partial charge in [0.2, 0.25) is 0 Å². The molecule has 3 rings (SSSR count). The lowest BCUT2D eigenvalue weighted by atomic mass is 10.2. The van der Waals surface area contributed by atoms with E-state index in [1.165, 1.54) is 4.31 Å². The summed E-state index contributed by atoms with van der Waals surface area (Å²) in [6.07, 6.45) is 1.57. The summed E-state index contributed by atoms with van der Waals surface area (Å²) in [6.45, 7) is 5.08. The van der Waals surface area contributed by atoms with E-state index in [9.17, 15) is 8.42 Å². The quantitative estimate of drug-likeness (QED) is 0.740. The molecule has 0 unspecified atom stereocenters. The third kappa shape index (κ3) is 4.67. The second-order valence-corrected chi connectivity index (χ2v) is 8.52. The first kappa shape index (κ1) is 19.8. The number of aliphatic hydroxyl groups excluding tert-OH is 1. The molecule has 0 atom stereocenters. The molecule has 1 aromatic carbocycles. The van der Waals surface area contributed by atoms with Crippen molar-refractivity contribution in [2.75, 3.05) is 39.4 Å². The number of sulfonamides is 1. The summed E-state index contributed by atoms with van der Waals surface area (Å²) in [5.74, 6) is 1.41. The number of nitrogens with zero attached hydrogens (tertiary/aromatic N) is 4. The molecule has 27 heavy (non-hydrogen) atoms. The van der Waals surface area contributed by atoms with Crippen LogP contribution in [0.5, 0.6) is 5.75 Å². The Hall–Kier alpha value is -1.94. The first-order valence-corrected chi connectivity index (χ1v) is 10.4. The van der Waals surface area contributed by atoms with E-state index >= 15 is 0 Å². The van der Waals surface area contributed by atoms with Crippen LogP contribution in [0.25, 0.3) is 0 Å². The number of piperazine rings is 1. The van der Waals surface area contributed by atoms with E-state index in [0.29, 0.717) is 32.0 Å². The Balaban J connectivity index is 1.55. The number of aryl methyl sites for hydroxylation is 2. The van der Waals surface area contributed by atoms with E-state index in [-0.39, 0.29) is 18.2 Å². The van der Waals surface area contributed by atoms with Gasteiger partial charge in [-0.3, -0.25) is 4.90 Å². The minimum absolute atomic E-state index is 0.00694. The SMILES string of the molecule is Cc1nc(S(=O)(=O)N2CCN(Cc3ccc(OCCO)cc3)CC2)cn1C. The number of hydrogen-bond acceptors (Lipinski definition) is 6. The molecule has 0 aliphatic carbocycles. The zero-order chi connectivity index (χ0) is 19.4. The number of rotatable bonds is 7.